The van der Waals surface area contributed by atoms with Crippen LogP contribution in [0.2, 0.25) is 0 Å². The summed E-state index contributed by atoms with van der Waals surface area (Å²) in [4.78, 5) is 12.2. The van der Waals surface area contributed by atoms with E-state index in [0.29, 0.717) is 16.4 Å². The Labute approximate surface area is 115 Å². The van der Waals surface area contributed by atoms with Gasteiger partial charge in [0.05, 0.1) is 5.56 Å². The van der Waals surface area contributed by atoms with Crippen molar-refractivity contribution in [3.8, 4) is 11.5 Å². The number of benzene rings is 2. The first kappa shape index (κ1) is 12.9. The van der Waals surface area contributed by atoms with E-state index in [1.807, 2.05) is 0 Å². The van der Waals surface area contributed by atoms with E-state index in [9.17, 15) is 4.79 Å². The average molecular weight is 278 g/mol. The van der Waals surface area contributed by atoms with E-state index in [1.165, 1.54) is 6.07 Å². The van der Waals surface area contributed by atoms with E-state index in [4.69, 9.17) is 9.84 Å². The molecule has 0 amide bonds. The fourth-order valence-electron chi connectivity index (χ4n) is 1.40. The van der Waals surface area contributed by atoms with Gasteiger partial charge in [0.1, 0.15) is 11.5 Å². The summed E-state index contributed by atoms with van der Waals surface area (Å²) in [7, 11) is 0. The fraction of sp³-hybridized carbons (Fsp3) is 0. The maximum Gasteiger partial charge on any atom is 0.336 e. The van der Waals surface area contributed by atoms with Gasteiger partial charge in [0.15, 0.2) is 0 Å². The zero-order valence-electron chi connectivity index (χ0n) is 9.20. The molecule has 1 N–H and O–H groups in total. The second kappa shape index (κ2) is 5.37. The smallest absolute Gasteiger partial charge is 0.336 e. The lowest BCUT2D eigenvalue weighted by molar-refractivity contribution is 0.0693. The summed E-state index contributed by atoms with van der Waals surface area (Å²) in [5.74, 6) is 0.0457. The summed E-state index contributed by atoms with van der Waals surface area (Å²) in [5.41, 5.74) is 0.113. The highest BCUT2D eigenvalue weighted by atomic mass is 32.1. The lowest BCUT2D eigenvalue weighted by Gasteiger charge is -2.07. The lowest BCUT2D eigenvalue weighted by Crippen LogP contribution is -1.98. The SMILES string of the molecule is O=C(O)c1cc(Oc2ccc(S)cc2)ccc1S. The van der Waals surface area contributed by atoms with Gasteiger partial charge in [-0.2, -0.15) is 0 Å². The van der Waals surface area contributed by atoms with E-state index in [0.717, 1.165) is 4.90 Å². The molecule has 0 spiro atoms. The minimum absolute atomic E-state index is 0.113. The molecule has 18 heavy (non-hydrogen) atoms. The molecule has 0 aliphatic heterocycles. The number of thiol groups is 2. The van der Waals surface area contributed by atoms with Crippen molar-refractivity contribution in [1.82, 2.24) is 0 Å². The molecule has 92 valence electrons. The van der Waals surface area contributed by atoms with Crippen molar-refractivity contribution in [2.75, 3.05) is 0 Å². The molecule has 3 nitrogen and oxygen atoms in total. The van der Waals surface area contributed by atoms with Gasteiger partial charge in [-0.25, -0.2) is 4.79 Å². The number of carbonyl (C=O) groups is 1. The molecule has 0 saturated carbocycles. The molecular formula is C13H10O3S2. The molecule has 0 heterocycles. The summed E-state index contributed by atoms with van der Waals surface area (Å²) in [5, 5.41) is 8.98. The van der Waals surface area contributed by atoms with Crippen LogP contribution in [-0.4, -0.2) is 11.1 Å². The van der Waals surface area contributed by atoms with E-state index in [1.54, 1.807) is 36.4 Å². The Morgan fingerprint density at radius 1 is 1.00 bits per heavy atom. The minimum Gasteiger partial charge on any atom is -0.478 e. The number of hydrogen-bond acceptors (Lipinski definition) is 4. The predicted molar refractivity (Wildman–Crippen MR) is 74.4 cm³/mol. The number of ether oxygens (including phenoxy) is 1. The number of hydrogen-bond donors (Lipinski definition) is 3. The van der Waals surface area contributed by atoms with Crippen molar-refractivity contribution in [3.63, 3.8) is 0 Å². The largest absolute Gasteiger partial charge is 0.478 e. The summed E-state index contributed by atoms with van der Waals surface area (Å²) in [6, 6.07) is 11.8. The van der Waals surface area contributed by atoms with Crippen molar-refractivity contribution in [2.24, 2.45) is 0 Å². The molecule has 0 atom stereocenters. The number of rotatable bonds is 3. The zero-order valence-corrected chi connectivity index (χ0v) is 11.0. The van der Waals surface area contributed by atoms with Crippen LogP contribution in [0.4, 0.5) is 0 Å². The molecule has 5 heteroatoms. The Kier molecular flexibility index (Phi) is 3.84. The first-order chi connectivity index (χ1) is 8.56. The first-order valence-corrected chi connectivity index (χ1v) is 5.99. The highest BCUT2D eigenvalue weighted by Gasteiger charge is 2.09. The van der Waals surface area contributed by atoms with Gasteiger partial charge in [0.2, 0.25) is 0 Å². The Morgan fingerprint density at radius 2 is 1.61 bits per heavy atom. The Morgan fingerprint density at radius 3 is 2.22 bits per heavy atom. The highest BCUT2D eigenvalue weighted by molar-refractivity contribution is 7.80. The van der Waals surface area contributed by atoms with Crippen LogP contribution in [0.15, 0.2) is 52.3 Å². The summed E-state index contributed by atoms with van der Waals surface area (Å²) < 4.78 is 5.55. The van der Waals surface area contributed by atoms with E-state index in [2.05, 4.69) is 25.3 Å². The fourth-order valence-corrected chi connectivity index (χ4v) is 1.78. The van der Waals surface area contributed by atoms with Crippen molar-refractivity contribution in [2.45, 2.75) is 9.79 Å². The number of carboxylic acids is 1. The van der Waals surface area contributed by atoms with Crippen molar-refractivity contribution in [3.05, 3.63) is 48.0 Å². The van der Waals surface area contributed by atoms with Crippen LogP contribution >= 0.6 is 25.3 Å². The highest BCUT2D eigenvalue weighted by Crippen LogP contribution is 2.26. The zero-order chi connectivity index (χ0) is 13.1. The molecule has 0 aliphatic carbocycles. The van der Waals surface area contributed by atoms with Gasteiger partial charge in [-0.3, -0.25) is 0 Å². The van der Waals surface area contributed by atoms with Crippen LogP contribution in [0.1, 0.15) is 10.4 Å². The van der Waals surface area contributed by atoms with E-state index < -0.39 is 5.97 Å². The van der Waals surface area contributed by atoms with Gasteiger partial charge in [-0.05, 0) is 42.5 Å². The van der Waals surface area contributed by atoms with Crippen LogP contribution in [-0.2, 0) is 0 Å². The van der Waals surface area contributed by atoms with Crippen molar-refractivity contribution < 1.29 is 14.6 Å². The quantitative estimate of drug-likeness (QED) is 0.749. The Bertz CT molecular complexity index is 579. The van der Waals surface area contributed by atoms with Gasteiger partial charge < -0.3 is 9.84 Å². The number of aromatic carboxylic acids is 1. The van der Waals surface area contributed by atoms with Gasteiger partial charge in [0.25, 0.3) is 0 Å². The molecular weight excluding hydrogens is 268 g/mol. The van der Waals surface area contributed by atoms with Crippen LogP contribution in [0.25, 0.3) is 0 Å². The number of carboxylic acid groups (broad SMARTS) is 1. The normalized spacial score (nSPS) is 10.1. The molecule has 0 unspecified atom stereocenters. The third-order valence-corrected chi connectivity index (χ3v) is 2.96. The molecule has 2 aromatic rings. The molecule has 2 aromatic carbocycles. The second-order valence-corrected chi connectivity index (χ2v) is 4.58. The first-order valence-electron chi connectivity index (χ1n) is 5.09. The van der Waals surface area contributed by atoms with Gasteiger partial charge in [-0.1, -0.05) is 0 Å². The maximum atomic E-state index is 11.0. The molecule has 2 rings (SSSR count). The van der Waals surface area contributed by atoms with Gasteiger partial charge in [0, 0.05) is 9.79 Å². The molecule has 0 radical (unpaired) electrons. The Balaban J connectivity index is 2.27. The monoisotopic (exact) mass is 278 g/mol. The van der Waals surface area contributed by atoms with Crippen LogP contribution in [0.5, 0.6) is 11.5 Å². The van der Waals surface area contributed by atoms with Crippen LogP contribution in [0.3, 0.4) is 0 Å². The molecule has 0 aromatic heterocycles. The molecule has 0 fully saturated rings. The summed E-state index contributed by atoms with van der Waals surface area (Å²) in [6.45, 7) is 0. The summed E-state index contributed by atoms with van der Waals surface area (Å²) >= 11 is 8.25. The standard InChI is InChI=1S/C13H10O3S2/c14-13(15)11-7-9(3-6-12(11)18)16-8-1-4-10(17)5-2-8/h1-7,17-18H,(H,14,15). The molecule has 0 aliphatic rings. The van der Waals surface area contributed by atoms with Crippen molar-refractivity contribution >= 4 is 31.2 Å². The van der Waals surface area contributed by atoms with E-state index >= 15 is 0 Å². The lowest BCUT2D eigenvalue weighted by atomic mass is 10.2. The molecule has 0 bridgehead atoms. The van der Waals surface area contributed by atoms with Crippen molar-refractivity contribution in [1.29, 1.82) is 0 Å². The third-order valence-electron chi connectivity index (χ3n) is 2.27. The van der Waals surface area contributed by atoms with Gasteiger partial charge in [-0.15, -0.1) is 25.3 Å². The third kappa shape index (κ3) is 3.00. The average Bonchev–Trinajstić information content (AvgIpc) is 2.34. The summed E-state index contributed by atoms with van der Waals surface area (Å²) in [6.07, 6.45) is 0. The van der Waals surface area contributed by atoms with Crippen LogP contribution < -0.4 is 4.74 Å². The van der Waals surface area contributed by atoms with Crippen LogP contribution in [0, 0.1) is 0 Å². The van der Waals surface area contributed by atoms with E-state index in [-0.39, 0.29) is 5.56 Å². The maximum absolute atomic E-state index is 11.0. The Hall–Kier alpha value is -1.59. The molecule has 0 saturated heterocycles. The minimum atomic E-state index is -1.03. The van der Waals surface area contributed by atoms with Gasteiger partial charge >= 0.3 is 5.97 Å². The second-order valence-electron chi connectivity index (χ2n) is 3.58. The topological polar surface area (TPSA) is 46.5 Å². The predicted octanol–water partition coefficient (Wildman–Crippen LogP) is 3.75.